The lowest BCUT2D eigenvalue weighted by Crippen LogP contribution is -2.37. The standard InChI is InChI=1S/C14H18ClIN2O/c15-9-6-7-13(11(16)8-9)18-14(19)10-4-2-1-3-5-12(10)17/h6-8,10,12H,1-5,17H2,(H,18,19). The Labute approximate surface area is 132 Å². The molecule has 1 saturated carbocycles. The maximum absolute atomic E-state index is 12.3. The zero-order valence-electron chi connectivity index (χ0n) is 10.7. The number of hydrogen-bond acceptors (Lipinski definition) is 2. The Balaban J connectivity index is 2.07. The van der Waals surface area contributed by atoms with Gasteiger partial charge in [-0.1, -0.05) is 30.9 Å². The minimum Gasteiger partial charge on any atom is -0.327 e. The van der Waals surface area contributed by atoms with Crippen LogP contribution < -0.4 is 11.1 Å². The number of halogens is 2. The fourth-order valence-electron chi connectivity index (χ4n) is 2.48. The highest BCUT2D eigenvalue weighted by Crippen LogP contribution is 2.26. The summed E-state index contributed by atoms with van der Waals surface area (Å²) < 4.78 is 0.945. The minimum absolute atomic E-state index is 0.0209. The van der Waals surface area contributed by atoms with E-state index in [0.717, 1.165) is 34.9 Å². The van der Waals surface area contributed by atoms with Crippen LogP contribution in [-0.2, 0) is 4.79 Å². The molecule has 2 atom stereocenters. The first-order chi connectivity index (χ1) is 9.08. The smallest absolute Gasteiger partial charge is 0.229 e. The average Bonchev–Trinajstić information content (AvgIpc) is 2.57. The predicted octanol–water partition coefficient (Wildman–Crippen LogP) is 3.79. The molecule has 1 amide bonds. The summed E-state index contributed by atoms with van der Waals surface area (Å²) in [5.74, 6) is -0.0383. The summed E-state index contributed by atoms with van der Waals surface area (Å²) in [4.78, 5) is 12.3. The molecule has 0 aliphatic heterocycles. The van der Waals surface area contributed by atoms with Gasteiger partial charge in [0.1, 0.15) is 0 Å². The Kier molecular flexibility index (Phi) is 5.47. The third kappa shape index (κ3) is 4.07. The third-order valence-electron chi connectivity index (χ3n) is 3.60. The summed E-state index contributed by atoms with van der Waals surface area (Å²) in [5.41, 5.74) is 6.92. The maximum Gasteiger partial charge on any atom is 0.229 e. The highest BCUT2D eigenvalue weighted by Gasteiger charge is 2.27. The van der Waals surface area contributed by atoms with Gasteiger partial charge in [0, 0.05) is 14.6 Å². The molecule has 1 aliphatic rings. The molecule has 104 valence electrons. The average molecular weight is 393 g/mol. The number of carbonyl (C=O) groups excluding carboxylic acids is 1. The first-order valence-corrected chi connectivity index (χ1v) is 8.05. The molecule has 1 aromatic rings. The van der Waals surface area contributed by atoms with Gasteiger partial charge in [-0.25, -0.2) is 0 Å². The summed E-state index contributed by atoms with van der Waals surface area (Å²) in [6, 6.07) is 5.44. The van der Waals surface area contributed by atoms with E-state index in [0.29, 0.717) is 5.02 Å². The number of benzene rings is 1. The molecule has 3 N–H and O–H groups in total. The summed E-state index contributed by atoms with van der Waals surface area (Å²) in [6.45, 7) is 0. The first-order valence-electron chi connectivity index (χ1n) is 6.59. The van der Waals surface area contributed by atoms with Gasteiger partial charge in [0.25, 0.3) is 0 Å². The normalized spacial score (nSPS) is 23.7. The van der Waals surface area contributed by atoms with E-state index in [-0.39, 0.29) is 17.9 Å². The SMILES string of the molecule is NC1CCCCCC1C(=O)Nc1ccc(Cl)cc1I. The van der Waals surface area contributed by atoms with E-state index in [1.807, 2.05) is 12.1 Å². The Morgan fingerprint density at radius 1 is 1.32 bits per heavy atom. The highest BCUT2D eigenvalue weighted by molar-refractivity contribution is 14.1. The van der Waals surface area contributed by atoms with Crippen molar-refractivity contribution in [3.05, 3.63) is 26.8 Å². The van der Waals surface area contributed by atoms with Crippen molar-refractivity contribution in [2.24, 2.45) is 11.7 Å². The molecule has 1 aromatic carbocycles. The molecule has 2 unspecified atom stereocenters. The topological polar surface area (TPSA) is 55.1 Å². The number of hydrogen-bond donors (Lipinski definition) is 2. The van der Waals surface area contributed by atoms with Gasteiger partial charge in [0.2, 0.25) is 5.91 Å². The van der Waals surface area contributed by atoms with Gasteiger partial charge in [-0.15, -0.1) is 0 Å². The Bertz CT molecular complexity index is 467. The molecule has 0 heterocycles. The number of nitrogens with one attached hydrogen (secondary N) is 1. The summed E-state index contributed by atoms with van der Waals surface area (Å²) in [7, 11) is 0. The monoisotopic (exact) mass is 392 g/mol. The van der Waals surface area contributed by atoms with Crippen LogP contribution in [0.5, 0.6) is 0 Å². The molecule has 2 rings (SSSR count). The fraction of sp³-hybridized carbons (Fsp3) is 0.500. The van der Waals surface area contributed by atoms with Crippen molar-refractivity contribution < 1.29 is 4.79 Å². The summed E-state index contributed by atoms with van der Waals surface area (Å²) >= 11 is 8.08. The van der Waals surface area contributed by atoms with Crippen LogP contribution in [0.4, 0.5) is 5.69 Å². The van der Waals surface area contributed by atoms with E-state index in [1.165, 1.54) is 6.42 Å². The van der Waals surface area contributed by atoms with E-state index in [9.17, 15) is 4.79 Å². The zero-order valence-corrected chi connectivity index (χ0v) is 13.6. The van der Waals surface area contributed by atoms with Crippen molar-refractivity contribution in [1.82, 2.24) is 0 Å². The molecule has 0 aromatic heterocycles. The van der Waals surface area contributed by atoms with Crippen LogP contribution in [0, 0.1) is 9.49 Å². The van der Waals surface area contributed by atoms with Gasteiger partial charge in [-0.05, 0) is 53.6 Å². The molecule has 0 radical (unpaired) electrons. The second-order valence-corrected chi connectivity index (χ2v) is 6.62. The van der Waals surface area contributed by atoms with E-state index in [2.05, 4.69) is 27.9 Å². The Morgan fingerprint density at radius 2 is 2.05 bits per heavy atom. The maximum atomic E-state index is 12.3. The van der Waals surface area contributed by atoms with Gasteiger partial charge in [-0.2, -0.15) is 0 Å². The van der Waals surface area contributed by atoms with Crippen LogP contribution in [-0.4, -0.2) is 11.9 Å². The van der Waals surface area contributed by atoms with Gasteiger partial charge in [0.05, 0.1) is 11.6 Å². The summed E-state index contributed by atoms with van der Waals surface area (Å²) in [5, 5.41) is 3.65. The van der Waals surface area contributed by atoms with Gasteiger partial charge in [-0.3, -0.25) is 4.79 Å². The molecule has 5 heteroatoms. The third-order valence-corrected chi connectivity index (χ3v) is 4.72. The van der Waals surface area contributed by atoms with Crippen LogP contribution in [0.3, 0.4) is 0 Å². The van der Waals surface area contributed by atoms with Gasteiger partial charge >= 0.3 is 0 Å². The van der Waals surface area contributed by atoms with Crippen molar-refractivity contribution in [3.63, 3.8) is 0 Å². The second kappa shape index (κ2) is 6.90. The van der Waals surface area contributed by atoms with Crippen LogP contribution in [0.15, 0.2) is 18.2 Å². The predicted molar refractivity (Wildman–Crippen MR) is 87.3 cm³/mol. The van der Waals surface area contributed by atoms with Crippen LogP contribution >= 0.6 is 34.2 Å². The van der Waals surface area contributed by atoms with Crippen LogP contribution in [0.25, 0.3) is 0 Å². The van der Waals surface area contributed by atoms with Crippen LogP contribution in [0.2, 0.25) is 5.02 Å². The molecule has 19 heavy (non-hydrogen) atoms. The molecular weight excluding hydrogens is 375 g/mol. The first kappa shape index (κ1) is 15.1. The number of anilines is 1. The van der Waals surface area contributed by atoms with Crippen molar-refractivity contribution >= 4 is 45.8 Å². The largest absolute Gasteiger partial charge is 0.327 e. The van der Waals surface area contributed by atoms with Crippen LogP contribution in [0.1, 0.15) is 32.1 Å². The van der Waals surface area contributed by atoms with Gasteiger partial charge in [0.15, 0.2) is 0 Å². The molecule has 0 spiro atoms. The Morgan fingerprint density at radius 3 is 2.79 bits per heavy atom. The van der Waals surface area contributed by atoms with Gasteiger partial charge < -0.3 is 11.1 Å². The number of amides is 1. The summed E-state index contributed by atoms with van der Waals surface area (Å²) in [6.07, 6.45) is 5.22. The van der Waals surface area contributed by atoms with Crippen molar-refractivity contribution in [1.29, 1.82) is 0 Å². The van der Waals surface area contributed by atoms with E-state index in [4.69, 9.17) is 17.3 Å². The lowest BCUT2D eigenvalue weighted by atomic mass is 9.94. The quantitative estimate of drug-likeness (QED) is 0.594. The zero-order chi connectivity index (χ0) is 13.8. The minimum atomic E-state index is -0.0750. The Hall–Kier alpha value is -0.330. The molecule has 1 fully saturated rings. The second-order valence-electron chi connectivity index (χ2n) is 5.02. The number of carbonyl (C=O) groups is 1. The number of nitrogens with two attached hydrogens (primary N) is 1. The molecule has 0 bridgehead atoms. The van der Waals surface area contributed by atoms with Crippen molar-refractivity contribution in [2.45, 2.75) is 38.1 Å². The van der Waals surface area contributed by atoms with E-state index in [1.54, 1.807) is 6.07 Å². The molecular formula is C14H18ClIN2O. The van der Waals surface area contributed by atoms with E-state index >= 15 is 0 Å². The lowest BCUT2D eigenvalue weighted by Gasteiger charge is -2.21. The van der Waals surface area contributed by atoms with E-state index < -0.39 is 0 Å². The highest BCUT2D eigenvalue weighted by atomic mass is 127. The number of rotatable bonds is 2. The molecule has 3 nitrogen and oxygen atoms in total. The fourth-order valence-corrected chi connectivity index (χ4v) is 3.48. The van der Waals surface area contributed by atoms with Crippen molar-refractivity contribution in [3.8, 4) is 0 Å². The lowest BCUT2D eigenvalue weighted by molar-refractivity contribution is -0.120. The molecule has 1 aliphatic carbocycles. The van der Waals surface area contributed by atoms with Crippen molar-refractivity contribution in [2.75, 3.05) is 5.32 Å². The molecule has 0 saturated heterocycles.